The van der Waals surface area contributed by atoms with Crippen LogP contribution in [-0.2, 0) is 188 Å². The number of rotatable bonds is 0. The van der Waals surface area contributed by atoms with E-state index in [1.54, 1.807) is 0 Å². The van der Waals surface area contributed by atoms with E-state index in [2.05, 4.69) is 0 Å². The first-order valence-corrected chi connectivity index (χ1v) is 14.0. The molecular weight excluding hydrogens is 1080 g/mol. The largest absolute Gasteiger partial charge is 2.00 e. The van der Waals surface area contributed by atoms with Gasteiger partial charge in [0.25, 0.3) is 0 Å². The monoisotopic (exact) mass is 1080 g/mol. The maximum atomic E-state index is 8.52. The molecule has 0 aliphatic carbocycles. The van der Waals surface area contributed by atoms with Crippen LogP contribution >= 0.6 is 0 Å². The zero-order chi connectivity index (χ0) is 31.5. The van der Waals surface area contributed by atoms with E-state index in [9.17, 15) is 0 Å². The van der Waals surface area contributed by atoms with Crippen LogP contribution in [0, 0.1) is 0 Å². The third-order valence-corrected chi connectivity index (χ3v) is 0. The second-order valence-electron chi connectivity index (χ2n) is 2.86. The number of hydrogen-bond acceptors (Lipinski definition) is 28. The van der Waals surface area contributed by atoms with Gasteiger partial charge in [-0.1, -0.05) is 0 Å². The predicted molar refractivity (Wildman–Crippen MR) is 73.3 cm³/mol. The Labute approximate surface area is 307 Å². The van der Waals surface area contributed by atoms with Gasteiger partial charge >= 0.3 is 115 Å². The molecule has 42 heavy (non-hydrogen) atoms. The Morgan fingerprint density at radius 3 is 0.167 bits per heavy atom. The molecule has 28 nitrogen and oxygen atoms in total. The van der Waals surface area contributed by atoms with Crippen LogP contribution in [0.5, 0.6) is 0 Å². The smallest absolute Gasteiger partial charge is 0.759 e. The van der Waals surface area contributed by atoms with Gasteiger partial charge in [-0.2, -0.15) is 0 Å². The summed E-state index contributed by atoms with van der Waals surface area (Å²) in [5, 5.41) is 0. The quantitative estimate of drug-likeness (QED) is 0.123. The first kappa shape index (κ1) is 90.5. The number of hydrogen-bond donors (Lipinski definition) is 0. The van der Waals surface area contributed by atoms with E-state index in [0.29, 0.717) is 0 Å². The Morgan fingerprint density at radius 1 is 0.167 bits per heavy atom. The topological polar surface area (TPSA) is 562 Å². The van der Waals surface area contributed by atoms with Gasteiger partial charge in [0, 0.05) is 72.8 Å². The van der Waals surface area contributed by atoms with Crippen LogP contribution in [0.3, 0.4) is 0 Å². The second-order valence-corrected chi connectivity index (χ2v) is 8.57. The van der Waals surface area contributed by atoms with Crippen LogP contribution in [0.2, 0.25) is 0 Å². The molecule has 280 valence electrons. The standard InChI is InChI=1S/7Ni.7H2O4S/c;;;;;;;7*1-5(2,3)4/h;;;;;;;7*(H2,1,2,3,4)/q7*+2;;;;;;;/p-14. The fourth-order valence-corrected chi connectivity index (χ4v) is 0. The molecule has 0 aliphatic rings. The van der Waals surface area contributed by atoms with Crippen LogP contribution in [0.1, 0.15) is 0 Å². The molecule has 42 heteroatoms. The van der Waals surface area contributed by atoms with E-state index in [1.807, 2.05) is 0 Å². The predicted octanol–water partition coefficient (Wildman–Crippen LogP) is -9.38. The maximum Gasteiger partial charge on any atom is 2.00 e. The van der Waals surface area contributed by atoms with E-state index < -0.39 is 72.8 Å². The van der Waals surface area contributed by atoms with Gasteiger partial charge in [-0.25, -0.2) is 0 Å². The van der Waals surface area contributed by atoms with Crippen LogP contribution in [0.15, 0.2) is 0 Å². The fraction of sp³-hybridized carbons (Fsp3) is 0. The molecule has 0 heterocycles. The third kappa shape index (κ3) is 11300. The van der Waals surface area contributed by atoms with Gasteiger partial charge < -0.3 is 63.7 Å². The minimum Gasteiger partial charge on any atom is -0.759 e. The first-order chi connectivity index (χ1) is 14.0. The van der Waals surface area contributed by atoms with Crippen molar-refractivity contribution in [3.63, 3.8) is 0 Å². The molecule has 0 aromatic heterocycles. The van der Waals surface area contributed by atoms with Gasteiger partial charge in [-0.15, -0.1) is 0 Å². The normalized spacial score (nSPS) is 9.67. The van der Waals surface area contributed by atoms with Crippen molar-refractivity contribution in [3.05, 3.63) is 0 Å². The van der Waals surface area contributed by atoms with E-state index in [0.717, 1.165) is 0 Å². The summed E-state index contributed by atoms with van der Waals surface area (Å²) in [5.41, 5.74) is 0. The zero-order valence-electron chi connectivity index (χ0n) is 16.5. The van der Waals surface area contributed by atoms with E-state index in [-0.39, 0.29) is 115 Å². The molecule has 0 aromatic carbocycles. The van der Waals surface area contributed by atoms with Crippen LogP contribution in [-0.4, -0.2) is 123 Å². The Bertz CT molecular complexity index is 930. The van der Waals surface area contributed by atoms with Gasteiger partial charge in [0.2, 0.25) is 0 Å². The van der Waals surface area contributed by atoms with Crippen molar-refractivity contribution in [2.24, 2.45) is 0 Å². The summed E-state index contributed by atoms with van der Waals surface area (Å²) < 4.78 is 239. The molecule has 0 saturated heterocycles. The summed E-state index contributed by atoms with van der Waals surface area (Å²) in [7, 11) is -36.2. The molecule has 0 unspecified atom stereocenters. The summed E-state index contributed by atoms with van der Waals surface area (Å²) in [6.45, 7) is 0. The van der Waals surface area contributed by atoms with Crippen molar-refractivity contribution in [2.75, 3.05) is 0 Å². The molecule has 0 spiro atoms. The van der Waals surface area contributed by atoms with Crippen molar-refractivity contribution < 1.29 is 238 Å². The molecule has 0 atom stereocenters. The van der Waals surface area contributed by atoms with Crippen LogP contribution in [0.25, 0.3) is 0 Å². The molecule has 0 bridgehead atoms. The van der Waals surface area contributed by atoms with Gasteiger partial charge in [0.15, 0.2) is 0 Å². The summed E-state index contributed by atoms with van der Waals surface area (Å²) in [4.78, 5) is 0. The SMILES string of the molecule is O=S(=O)([O-])[O-].O=S(=O)([O-])[O-].O=S(=O)([O-])[O-].O=S(=O)([O-])[O-].O=S(=O)([O-])[O-].O=S(=O)([O-])[O-].O=S(=O)([O-])[O-].[Ni+2].[Ni+2].[Ni+2].[Ni+2].[Ni+2].[Ni+2].[Ni+2]. The van der Waals surface area contributed by atoms with Crippen molar-refractivity contribution in [1.82, 2.24) is 0 Å². The van der Waals surface area contributed by atoms with Crippen molar-refractivity contribution >= 4 is 72.8 Å². The van der Waals surface area contributed by atoms with Gasteiger partial charge in [-0.3, -0.25) is 58.9 Å². The average Bonchev–Trinajstić information content (AvgIpc) is 2.06. The Kier molecular flexibility index (Phi) is 85.6. The van der Waals surface area contributed by atoms with Crippen molar-refractivity contribution in [1.29, 1.82) is 0 Å². The maximum absolute atomic E-state index is 8.52. The average molecular weight is 1080 g/mol. The van der Waals surface area contributed by atoms with Gasteiger partial charge in [0.1, 0.15) is 0 Å². The minimum atomic E-state index is -5.17. The second kappa shape index (κ2) is 39.7. The third-order valence-electron chi connectivity index (χ3n) is 0. The molecule has 0 N–H and O–H groups in total. The van der Waals surface area contributed by atoms with Crippen LogP contribution < -0.4 is 0 Å². The molecule has 0 saturated carbocycles. The molecule has 0 rings (SSSR count). The molecular formula is Ni7O28S7. The van der Waals surface area contributed by atoms with Crippen LogP contribution in [0.4, 0.5) is 0 Å². The molecule has 0 amide bonds. The van der Waals surface area contributed by atoms with Crippen molar-refractivity contribution in [2.45, 2.75) is 0 Å². The zero-order valence-corrected chi connectivity index (χ0v) is 29.1. The Balaban J connectivity index is -0.0000000177. The molecule has 0 radical (unpaired) electrons. The Morgan fingerprint density at radius 2 is 0.167 bits per heavy atom. The van der Waals surface area contributed by atoms with Crippen molar-refractivity contribution in [3.8, 4) is 0 Å². The van der Waals surface area contributed by atoms with Gasteiger partial charge in [0.05, 0.1) is 0 Å². The first-order valence-electron chi connectivity index (χ1n) is 4.67. The summed E-state index contributed by atoms with van der Waals surface area (Å²) >= 11 is 0. The van der Waals surface area contributed by atoms with E-state index in [1.165, 1.54) is 0 Å². The molecule has 0 aromatic rings. The molecule has 0 fully saturated rings. The van der Waals surface area contributed by atoms with Gasteiger partial charge in [-0.05, 0) is 0 Å². The fourth-order valence-electron chi connectivity index (χ4n) is 0. The Hall–Kier alpha value is 2.54. The molecule has 0 aliphatic heterocycles. The summed E-state index contributed by atoms with van der Waals surface area (Å²) in [5.74, 6) is 0. The summed E-state index contributed by atoms with van der Waals surface area (Å²) in [6.07, 6.45) is 0. The minimum absolute atomic E-state index is 0. The van der Waals surface area contributed by atoms with E-state index in [4.69, 9.17) is 123 Å². The van der Waals surface area contributed by atoms with E-state index >= 15 is 0 Å². The summed E-state index contributed by atoms with van der Waals surface area (Å²) in [6, 6.07) is 0.